The van der Waals surface area contributed by atoms with Crippen LogP contribution in [0.4, 0.5) is 0 Å². The van der Waals surface area contributed by atoms with E-state index in [1.54, 1.807) is 7.11 Å². The minimum Gasteiger partial charge on any atom is -0.459 e. The molecule has 3 saturated heterocycles. The average Bonchev–Trinajstić information content (AvgIpc) is 3.05. The Bertz CT molecular complexity index is 1140. The van der Waals surface area contributed by atoms with E-state index in [1.807, 2.05) is 79.4 Å². The molecule has 4 unspecified atom stereocenters. The van der Waals surface area contributed by atoms with E-state index in [-0.39, 0.29) is 30.1 Å². The topological polar surface area (TPSA) is 162 Å². The monoisotopic (exact) mass is 745 g/mol. The molecule has 0 radical (unpaired) electrons. The number of likely N-dealkylation sites (N-methyl/N-ethyl adjacent to an activating group) is 2. The highest BCUT2D eigenvalue weighted by Crippen LogP contribution is 2.46. The van der Waals surface area contributed by atoms with Crippen molar-refractivity contribution >= 4 is 5.97 Å². The van der Waals surface area contributed by atoms with E-state index in [9.17, 15) is 30.3 Å². The van der Waals surface area contributed by atoms with Gasteiger partial charge in [0.05, 0.1) is 47.6 Å². The Kier molecular flexibility index (Phi) is 15.6. The zero-order valence-corrected chi connectivity index (χ0v) is 34.8. The highest BCUT2D eigenvalue weighted by atomic mass is 16.6. The lowest BCUT2D eigenvalue weighted by Crippen LogP contribution is -2.59. The van der Waals surface area contributed by atoms with Crippen LogP contribution in [0, 0.1) is 29.6 Å². The Labute approximate surface area is 314 Å². The summed E-state index contributed by atoms with van der Waals surface area (Å²) in [6, 6.07) is -0.596. The minimum atomic E-state index is -1.73. The second-order valence-corrected chi connectivity index (χ2v) is 18.1. The lowest BCUT2D eigenvalue weighted by molar-refractivity contribution is -0.220. The Morgan fingerprint density at radius 3 is 2.12 bits per heavy atom. The van der Waals surface area contributed by atoms with Crippen molar-refractivity contribution in [3.8, 4) is 0 Å². The van der Waals surface area contributed by atoms with Gasteiger partial charge in [0.1, 0.15) is 23.9 Å². The lowest BCUT2D eigenvalue weighted by atomic mass is 9.64. The molecule has 0 aromatic carbocycles. The van der Waals surface area contributed by atoms with Gasteiger partial charge < -0.3 is 54.3 Å². The third kappa shape index (κ3) is 10.1. The van der Waals surface area contributed by atoms with Crippen molar-refractivity contribution in [2.75, 3.05) is 34.8 Å². The second kappa shape index (κ2) is 17.9. The molecule has 0 amide bonds. The Morgan fingerprint density at radius 1 is 0.942 bits per heavy atom. The van der Waals surface area contributed by atoms with Crippen LogP contribution in [0.15, 0.2) is 0 Å². The molecule has 0 aliphatic carbocycles. The molecule has 0 spiro atoms. The molecule has 18 atom stereocenters. The van der Waals surface area contributed by atoms with Gasteiger partial charge in [0.2, 0.25) is 0 Å². The van der Waals surface area contributed by atoms with E-state index in [4.69, 9.17) is 18.9 Å². The van der Waals surface area contributed by atoms with Crippen molar-refractivity contribution in [3.63, 3.8) is 0 Å². The maximum Gasteiger partial charge on any atom is 0.309 e. The highest BCUT2D eigenvalue weighted by molar-refractivity contribution is 5.72. The smallest absolute Gasteiger partial charge is 0.309 e. The lowest BCUT2D eigenvalue weighted by Gasteiger charge is -2.49. The number of carbonyl (C=O) groups excluding carboxylic acids is 1. The van der Waals surface area contributed by atoms with Gasteiger partial charge in [-0.2, -0.15) is 0 Å². The summed E-state index contributed by atoms with van der Waals surface area (Å²) in [5.74, 6) is -2.35. The molecule has 0 aromatic rings. The van der Waals surface area contributed by atoms with Gasteiger partial charge in [-0.25, -0.2) is 0 Å². The van der Waals surface area contributed by atoms with Crippen LogP contribution in [-0.4, -0.2) is 154 Å². The fourth-order valence-corrected chi connectivity index (χ4v) is 10.0. The summed E-state index contributed by atoms with van der Waals surface area (Å²) in [6.45, 7) is 19.3. The molecular formula is C40H76N2O10. The summed E-state index contributed by atoms with van der Waals surface area (Å²) in [5, 5.41) is 58.6. The van der Waals surface area contributed by atoms with E-state index in [0.717, 1.165) is 0 Å². The van der Waals surface area contributed by atoms with Gasteiger partial charge in [0.25, 0.3) is 0 Å². The number of aliphatic hydroxyl groups excluding tert-OH is 3. The standard InChI is InChI=1S/C40H76N2O10/c1-15-33-40(10,48)35(44)26(6)42(13)21-22(2)19-38(8,47)30(18-32-34(43)31(41(11)12)16-23(3)50-32)24(4)29(25(5)37(46)52-33)17-28-20-39(9,49-14)36(45)27(7)51-28/h22-36,43-45,47-48H,15-21H2,1-14H3/t22-,23-,24+,25-,26?,27+,28+,29?,30-,31+,32+,33?,34-,35-,36+,38?,39-,40-/m1/s1. The number of hydrogen-bond donors (Lipinski definition) is 5. The number of carbonyl (C=O) groups is 1. The van der Waals surface area contributed by atoms with Gasteiger partial charge >= 0.3 is 5.97 Å². The predicted octanol–water partition coefficient (Wildman–Crippen LogP) is 3.23. The fourth-order valence-electron chi connectivity index (χ4n) is 10.0. The molecule has 12 heteroatoms. The van der Waals surface area contributed by atoms with Gasteiger partial charge in [0.15, 0.2) is 0 Å². The van der Waals surface area contributed by atoms with Gasteiger partial charge in [-0.15, -0.1) is 0 Å². The zero-order valence-electron chi connectivity index (χ0n) is 34.8. The van der Waals surface area contributed by atoms with Crippen molar-refractivity contribution in [1.29, 1.82) is 0 Å². The summed E-state index contributed by atoms with van der Waals surface area (Å²) in [5.41, 5.74) is -3.85. The molecule has 306 valence electrons. The van der Waals surface area contributed by atoms with Gasteiger partial charge in [-0.05, 0) is 118 Å². The van der Waals surface area contributed by atoms with Crippen molar-refractivity contribution < 1.29 is 49.3 Å². The first-order chi connectivity index (χ1) is 23.9. The van der Waals surface area contributed by atoms with E-state index >= 15 is 0 Å². The van der Waals surface area contributed by atoms with Crippen molar-refractivity contribution in [1.82, 2.24) is 9.80 Å². The second-order valence-electron chi connectivity index (χ2n) is 18.1. The Balaban J connectivity index is 2.17. The number of ether oxygens (including phenoxy) is 4. The molecule has 3 fully saturated rings. The van der Waals surface area contributed by atoms with Crippen LogP contribution in [0.25, 0.3) is 0 Å². The van der Waals surface area contributed by atoms with Gasteiger partial charge in [-0.1, -0.05) is 27.7 Å². The Morgan fingerprint density at radius 2 is 1.56 bits per heavy atom. The van der Waals surface area contributed by atoms with Crippen LogP contribution < -0.4 is 0 Å². The molecule has 5 N–H and O–H groups in total. The van der Waals surface area contributed by atoms with Crippen LogP contribution in [0.5, 0.6) is 0 Å². The molecule has 3 aliphatic heterocycles. The summed E-state index contributed by atoms with van der Waals surface area (Å²) in [7, 11) is 7.40. The van der Waals surface area contributed by atoms with Crippen LogP contribution in [0.2, 0.25) is 0 Å². The Hall–Kier alpha value is -0.930. The van der Waals surface area contributed by atoms with Crippen molar-refractivity contribution in [3.05, 3.63) is 0 Å². The first-order valence-electron chi connectivity index (χ1n) is 19.8. The number of methoxy groups -OCH3 is 1. The van der Waals surface area contributed by atoms with E-state index in [2.05, 4.69) is 13.8 Å². The van der Waals surface area contributed by atoms with Crippen LogP contribution in [0.1, 0.15) is 108 Å². The van der Waals surface area contributed by atoms with Crippen molar-refractivity contribution in [2.24, 2.45) is 29.6 Å². The van der Waals surface area contributed by atoms with E-state index in [0.29, 0.717) is 45.1 Å². The first kappa shape index (κ1) is 45.5. The third-order valence-corrected chi connectivity index (χ3v) is 13.5. The molecule has 3 rings (SSSR count). The summed E-state index contributed by atoms with van der Waals surface area (Å²) < 4.78 is 24.8. The molecule has 3 heterocycles. The van der Waals surface area contributed by atoms with E-state index < -0.39 is 83.2 Å². The molecular weight excluding hydrogens is 668 g/mol. The van der Waals surface area contributed by atoms with Crippen LogP contribution >= 0.6 is 0 Å². The fraction of sp³-hybridized carbons (Fsp3) is 0.975. The SMILES string of the molecule is CCC1OC(=O)[C@H](C)C(C[C@H]2C[C@@](C)(OC)[C@@H](O)[C@H](C)O2)[C@H](C)[C@@H](C[C@@H]2O[C@H](C)C[C@H](N(C)C)[C@H]2O)C(C)(O)C[C@@H](C)CN(C)C(C)[C@@H](O)[C@]1(C)O. The average molecular weight is 745 g/mol. The quantitative estimate of drug-likeness (QED) is 0.243. The molecule has 0 aromatic heterocycles. The van der Waals surface area contributed by atoms with Crippen molar-refractivity contribution in [2.45, 2.75) is 185 Å². The summed E-state index contributed by atoms with van der Waals surface area (Å²) in [4.78, 5) is 18.3. The molecule has 12 nitrogen and oxygen atoms in total. The molecule has 0 saturated carbocycles. The number of cyclic esters (lactones) is 1. The maximum absolute atomic E-state index is 14.3. The number of aliphatic hydroxyl groups is 5. The summed E-state index contributed by atoms with van der Waals surface area (Å²) in [6.07, 6.45) is -2.80. The number of hydrogen-bond acceptors (Lipinski definition) is 12. The van der Waals surface area contributed by atoms with Crippen LogP contribution in [0.3, 0.4) is 0 Å². The minimum absolute atomic E-state index is 0.0211. The number of esters is 1. The largest absolute Gasteiger partial charge is 0.459 e. The number of rotatable bonds is 7. The molecule has 52 heavy (non-hydrogen) atoms. The third-order valence-electron chi connectivity index (χ3n) is 13.5. The summed E-state index contributed by atoms with van der Waals surface area (Å²) >= 11 is 0. The predicted molar refractivity (Wildman–Crippen MR) is 201 cm³/mol. The number of nitrogens with zero attached hydrogens (tertiary/aromatic N) is 2. The first-order valence-corrected chi connectivity index (χ1v) is 19.8. The van der Waals surface area contributed by atoms with Gasteiger partial charge in [-0.3, -0.25) is 4.79 Å². The molecule has 0 bridgehead atoms. The zero-order chi connectivity index (χ0) is 39.7. The molecule has 3 aliphatic rings. The maximum atomic E-state index is 14.3. The van der Waals surface area contributed by atoms with Gasteiger partial charge in [0, 0.05) is 32.2 Å². The normalized spacial score (nSPS) is 49.6. The van der Waals surface area contributed by atoms with Crippen LogP contribution in [-0.2, 0) is 23.7 Å². The van der Waals surface area contributed by atoms with E-state index in [1.165, 1.54) is 6.92 Å². The highest BCUT2D eigenvalue weighted by Gasteiger charge is 2.51.